The van der Waals surface area contributed by atoms with Crippen molar-refractivity contribution >= 4 is 35.8 Å². The van der Waals surface area contributed by atoms with Gasteiger partial charge in [0.15, 0.2) is 0 Å². The van der Waals surface area contributed by atoms with Crippen LogP contribution >= 0.6 is 0 Å². The Hall–Kier alpha value is -2.49. The normalized spacial score (nSPS) is 11.4. The first-order valence-electron chi connectivity index (χ1n) is 38.7. The van der Waals surface area contributed by atoms with E-state index in [-0.39, 0.29) is 58.1 Å². The van der Waals surface area contributed by atoms with Gasteiger partial charge in [-0.1, -0.05) is 371 Å². The summed E-state index contributed by atoms with van der Waals surface area (Å²) in [5, 5.41) is 61.6. The van der Waals surface area contributed by atoms with Crippen molar-refractivity contribution in [3.05, 3.63) is 0 Å². The van der Waals surface area contributed by atoms with Gasteiger partial charge in [-0.3, -0.25) is 0 Å². The molecular formula is C78H150MoO12. The number of carbonyl (C=O) groups is 6. The molecule has 3 unspecified atom stereocenters. The van der Waals surface area contributed by atoms with Crippen LogP contribution in [0.5, 0.6) is 0 Å². The number of unbranched alkanes of at least 4 members (excludes halogenated alkanes) is 45. The number of hydrogen-bond acceptors (Lipinski definition) is 12. The molecule has 0 N–H and O–H groups in total. The van der Waals surface area contributed by atoms with E-state index >= 15 is 0 Å². The second kappa shape index (κ2) is 91.7. The van der Waals surface area contributed by atoms with Crippen molar-refractivity contribution in [3.63, 3.8) is 0 Å². The molecule has 0 heterocycles. The Morgan fingerprint density at radius 1 is 0.198 bits per heavy atom. The molecule has 0 rings (SSSR count). The van der Waals surface area contributed by atoms with Crippen molar-refractivity contribution in [1.82, 2.24) is 0 Å². The third-order valence-corrected chi connectivity index (χ3v) is 17.2. The van der Waals surface area contributed by atoms with E-state index in [1.54, 1.807) is 0 Å². The van der Waals surface area contributed by atoms with Gasteiger partial charge in [0.2, 0.25) is 0 Å². The van der Waals surface area contributed by atoms with Gasteiger partial charge in [0.1, 0.15) is 0 Å². The van der Waals surface area contributed by atoms with Crippen molar-refractivity contribution in [2.24, 2.45) is 17.8 Å². The fraction of sp³-hybridized carbons (Fsp3) is 0.923. The third-order valence-electron chi connectivity index (χ3n) is 17.2. The van der Waals surface area contributed by atoms with Gasteiger partial charge in [0, 0.05) is 35.8 Å². The minimum atomic E-state index is -0.903. The number of aliphatic carboxylic acids is 6. The maximum absolute atomic E-state index is 10.3. The van der Waals surface area contributed by atoms with Gasteiger partial charge in [-0.15, -0.1) is 0 Å². The number of hydrogen-bond donors (Lipinski definition) is 0. The molecule has 13 heteroatoms. The first-order chi connectivity index (χ1) is 43.5. The molecule has 540 valence electrons. The van der Waals surface area contributed by atoms with Crippen LogP contribution in [0.2, 0.25) is 0 Å². The molecule has 0 spiro atoms. The van der Waals surface area contributed by atoms with Gasteiger partial charge in [0.25, 0.3) is 0 Å². The van der Waals surface area contributed by atoms with Crippen LogP contribution in [0, 0.1) is 17.8 Å². The smallest absolute Gasteiger partial charge is 0.550 e. The molecule has 91 heavy (non-hydrogen) atoms. The molecule has 0 aliphatic rings. The second-order valence-electron chi connectivity index (χ2n) is 25.9. The monoisotopic (exact) mass is 1380 g/mol. The van der Waals surface area contributed by atoms with Crippen LogP contribution in [0.1, 0.15) is 448 Å². The van der Waals surface area contributed by atoms with Crippen molar-refractivity contribution in [3.8, 4) is 0 Å². The maximum atomic E-state index is 10.3. The zero-order valence-electron chi connectivity index (χ0n) is 61.5. The van der Waals surface area contributed by atoms with E-state index in [9.17, 15) is 59.4 Å². The zero-order valence-corrected chi connectivity index (χ0v) is 63.5. The Morgan fingerprint density at radius 3 is 0.418 bits per heavy atom. The number of carbonyl (C=O) groups excluding carboxylic acids is 6. The third kappa shape index (κ3) is 104. The van der Waals surface area contributed by atoms with Crippen LogP contribution in [-0.4, -0.2) is 35.8 Å². The van der Waals surface area contributed by atoms with Gasteiger partial charge in [-0.05, 0) is 94.8 Å². The van der Waals surface area contributed by atoms with Crippen LogP contribution in [0.4, 0.5) is 0 Å². The van der Waals surface area contributed by atoms with Crippen molar-refractivity contribution < 1.29 is 80.5 Å². The largest absolute Gasteiger partial charge is 6.00 e. The molecular weight excluding hydrogens is 1220 g/mol. The zero-order chi connectivity index (χ0) is 68.6. The standard InChI is InChI=1S/3C18H36O2.3C8H16O2.Mo/c3*1-2-3-4-5-6-7-8-9-10-11-12-13-14-15-16-17-18(19)20;3*1-3-5-6-7(4-2)8(9)10;/h3*2-17H2,1H3,(H,19,20);3*7H,3-6H2,1-2H3,(H,9,10);/q;;;;;;+6/p-6. The predicted octanol–water partition coefficient (Wildman–Crippen LogP) is 17.8. The fourth-order valence-corrected chi connectivity index (χ4v) is 10.7. The van der Waals surface area contributed by atoms with Gasteiger partial charge in [0.05, 0.1) is 0 Å². The van der Waals surface area contributed by atoms with Crippen molar-refractivity contribution in [2.45, 2.75) is 448 Å². The Morgan fingerprint density at radius 2 is 0.319 bits per heavy atom. The molecule has 12 nitrogen and oxygen atoms in total. The summed E-state index contributed by atoms with van der Waals surface area (Å²) in [6, 6.07) is 0. The average molecular weight is 1380 g/mol. The minimum Gasteiger partial charge on any atom is -0.550 e. The Bertz CT molecular complexity index is 1280. The first-order valence-corrected chi connectivity index (χ1v) is 38.7. The van der Waals surface area contributed by atoms with Crippen LogP contribution in [-0.2, 0) is 49.8 Å². The summed E-state index contributed by atoms with van der Waals surface area (Å²) in [7, 11) is 0. The molecule has 3 atom stereocenters. The van der Waals surface area contributed by atoms with Gasteiger partial charge in [-0.25, -0.2) is 0 Å². The summed E-state index contributed by atoms with van der Waals surface area (Å²) in [6.07, 6.45) is 70.1. The summed E-state index contributed by atoms with van der Waals surface area (Å²) in [5.74, 6) is -6.05. The Kier molecular flexibility index (Phi) is 103. The average Bonchev–Trinajstić information content (AvgIpc) is 3.53. The predicted molar refractivity (Wildman–Crippen MR) is 369 cm³/mol. The van der Waals surface area contributed by atoms with E-state index < -0.39 is 35.8 Å². The van der Waals surface area contributed by atoms with Crippen LogP contribution < -0.4 is 30.6 Å². The molecule has 0 fully saturated rings. The quantitative estimate of drug-likeness (QED) is 0.0408. The molecule has 0 saturated carbocycles. The molecule has 0 aromatic carbocycles. The first kappa shape index (κ1) is 102. The summed E-state index contributed by atoms with van der Waals surface area (Å²) in [4.78, 5) is 61.6. The van der Waals surface area contributed by atoms with E-state index in [1.807, 2.05) is 20.8 Å². The van der Waals surface area contributed by atoms with Gasteiger partial charge < -0.3 is 59.4 Å². The molecule has 0 amide bonds. The molecule has 0 radical (unpaired) electrons. The summed E-state index contributed by atoms with van der Waals surface area (Å²) in [5.41, 5.74) is 0. The second-order valence-corrected chi connectivity index (χ2v) is 25.9. The van der Waals surface area contributed by atoms with Gasteiger partial charge >= 0.3 is 21.1 Å². The number of rotatable bonds is 63. The molecule has 0 bridgehead atoms. The number of carboxylic acid groups (broad SMARTS) is 6. The van der Waals surface area contributed by atoms with E-state index in [1.165, 1.54) is 250 Å². The van der Waals surface area contributed by atoms with E-state index in [2.05, 4.69) is 41.5 Å². The van der Waals surface area contributed by atoms with Crippen LogP contribution in [0.15, 0.2) is 0 Å². The molecule has 0 aromatic rings. The molecule has 0 aliphatic carbocycles. The summed E-state index contributed by atoms with van der Waals surface area (Å²) < 4.78 is 0. The van der Waals surface area contributed by atoms with E-state index in [0.29, 0.717) is 19.3 Å². The van der Waals surface area contributed by atoms with Gasteiger partial charge in [-0.2, -0.15) is 0 Å². The Balaban J connectivity index is -0.000000191. The van der Waals surface area contributed by atoms with E-state index in [0.717, 1.165) is 96.3 Å². The minimum absolute atomic E-state index is 0. The summed E-state index contributed by atoms with van der Waals surface area (Å²) in [6.45, 7) is 18.6. The number of carboxylic acids is 6. The fourth-order valence-electron chi connectivity index (χ4n) is 10.7. The Labute approximate surface area is 578 Å². The topological polar surface area (TPSA) is 241 Å². The molecule has 0 saturated heterocycles. The van der Waals surface area contributed by atoms with Crippen molar-refractivity contribution in [2.75, 3.05) is 0 Å². The van der Waals surface area contributed by atoms with Crippen LogP contribution in [0.3, 0.4) is 0 Å². The summed E-state index contributed by atoms with van der Waals surface area (Å²) >= 11 is 0. The SMILES string of the molecule is CCCCC(CC)C(=O)[O-].CCCCC(CC)C(=O)[O-].CCCCC(CC)C(=O)[O-].CCCCCCCCCCCCCCCCCC(=O)[O-].CCCCCCCCCCCCCCCCCC(=O)[O-].CCCCCCCCCCCCCCCCCC(=O)[O-].[Mo+6]. The van der Waals surface area contributed by atoms with E-state index in [4.69, 9.17) is 0 Å². The maximum Gasteiger partial charge on any atom is 6.00 e. The van der Waals surface area contributed by atoms with Crippen LogP contribution in [0.25, 0.3) is 0 Å². The molecule has 0 aliphatic heterocycles. The molecule has 0 aromatic heterocycles. The van der Waals surface area contributed by atoms with Crippen molar-refractivity contribution in [1.29, 1.82) is 0 Å².